The number of aromatic nitrogens is 2. The minimum atomic E-state index is 0.740. The van der Waals surface area contributed by atoms with Gasteiger partial charge in [0.15, 0.2) is 11.4 Å². The summed E-state index contributed by atoms with van der Waals surface area (Å²) in [4.78, 5) is 4.53. The Morgan fingerprint density at radius 3 is 2.13 bits per heavy atom. The third-order valence-corrected chi connectivity index (χ3v) is 5.93. The molecule has 2 heterocycles. The van der Waals surface area contributed by atoms with E-state index in [1.807, 2.05) is 12.3 Å². The lowest BCUT2D eigenvalue weighted by molar-refractivity contribution is -0.644. The quantitative estimate of drug-likeness (QED) is 0.266. The summed E-state index contributed by atoms with van der Waals surface area (Å²) in [6, 6.07) is 18.9. The lowest BCUT2D eigenvalue weighted by Crippen LogP contribution is -2.34. The fourth-order valence-electron chi connectivity index (χ4n) is 3.79. The molecule has 0 aliphatic carbocycles. The molecule has 2 aromatic carbocycles. The summed E-state index contributed by atoms with van der Waals surface area (Å²) in [7, 11) is 3.88. The number of fused-ring (bicyclic) bond motifs is 1. The predicted molar refractivity (Wildman–Crippen MR) is 126 cm³/mol. The maximum atomic E-state index is 6.51. The molecule has 5 heteroatoms. The first-order valence-electron chi connectivity index (χ1n) is 9.97. The first-order valence-corrected chi connectivity index (χ1v) is 10.4. The second-order valence-electron chi connectivity index (χ2n) is 7.67. The Hall–Kier alpha value is -3.11. The number of imidazole rings is 1. The Labute approximate surface area is 182 Å². The summed E-state index contributed by atoms with van der Waals surface area (Å²) in [5, 5.41) is 4.32. The average Bonchev–Trinajstić information content (AvgIpc) is 3.02. The van der Waals surface area contributed by atoms with Crippen LogP contribution < -0.4 is 9.88 Å². The van der Waals surface area contributed by atoms with E-state index in [1.54, 1.807) is 7.05 Å². The molecule has 0 radical (unpaired) electrons. The summed E-state index contributed by atoms with van der Waals surface area (Å²) in [5.74, 6) is 2.84. The van der Waals surface area contributed by atoms with Gasteiger partial charge in [-0.1, -0.05) is 47.0 Å². The first kappa shape index (κ1) is 20.2. The van der Waals surface area contributed by atoms with E-state index in [2.05, 4.69) is 95.6 Å². The summed E-state index contributed by atoms with van der Waals surface area (Å²) >= 11 is 6.51. The third-order valence-electron chi connectivity index (χ3n) is 5.53. The lowest BCUT2D eigenvalue weighted by Gasteiger charge is -2.07. The van der Waals surface area contributed by atoms with E-state index < -0.39 is 0 Å². The molecule has 152 valence electrons. The number of anilines is 1. The summed E-state index contributed by atoms with van der Waals surface area (Å²) in [5.41, 5.74) is 6.69. The number of benzene rings is 2. The fourth-order valence-corrected chi connectivity index (χ4v) is 3.93. The summed E-state index contributed by atoms with van der Waals surface area (Å²) in [6.07, 6.45) is 2.03. The second-order valence-corrected chi connectivity index (χ2v) is 8.07. The van der Waals surface area contributed by atoms with Crippen LogP contribution in [-0.2, 0) is 7.05 Å². The highest BCUT2D eigenvalue weighted by molar-refractivity contribution is 6.32. The van der Waals surface area contributed by atoms with Crippen molar-refractivity contribution >= 4 is 28.8 Å². The molecule has 2 aromatic heterocycles. The number of amidine groups is 1. The van der Waals surface area contributed by atoms with E-state index in [4.69, 9.17) is 11.6 Å². The average molecular weight is 418 g/mol. The minimum absolute atomic E-state index is 0.740. The molecule has 1 N–H and O–H groups in total. The van der Waals surface area contributed by atoms with Gasteiger partial charge in [-0.3, -0.25) is 10.3 Å². The third kappa shape index (κ3) is 3.48. The molecular weight excluding hydrogens is 392 g/mol. The van der Waals surface area contributed by atoms with Gasteiger partial charge in [0.25, 0.3) is 5.82 Å². The van der Waals surface area contributed by atoms with Gasteiger partial charge in [-0.15, -0.1) is 0 Å². The molecule has 0 aliphatic heterocycles. The maximum Gasteiger partial charge on any atom is 0.268 e. The Balaban J connectivity index is 1.93. The first-order chi connectivity index (χ1) is 14.4. The van der Waals surface area contributed by atoms with E-state index in [9.17, 15) is 0 Å². The molecule has 4 rings (SSSR count). The van der Waals surface area contributed by atoms with Crippen molar-refractivity contribution in [2.45, 2.75) is 20.8 Å². The Morgan fingerprint density at radius 2 is 1.53 bits per heavy atom. The molecule has 0 saturated heterocycles. The molecule has 0 saturated carbocycles. The van der Waals surface area contributed by atoms with Crippen LogP contribution in [0.1, 0.15) is 22.3 Å². The van der Waals surface area contributed by atoms with Crippen molar-refractivity contribution in [2.75, 3.05) is 12.4 Å². The van der Waals surface area contributed by atoms with E-state index in [0.29, 0.717) is 0 Å². The van der Waals surface area contributed by atoms with Crippen molar-refractivity contribution < 1.29 is 4.57 Å². The molecular formula is C25H26ClN4+. The Kier molecular flexibility index (Phi) is 5.35. The number of aryl methyl sites for hydroxylation is 3. The number of halogens is 1. The van der Waals surface area contributed by atoms with Crippen molar-refractivity contribution in [3.63, 3.8) is 0 Å². The van der Waals surface area contributed by atoms with E-state index in [-0.39, 0.29) is 0 Å². The van der Waals surface area contributed by atoms with E-state index in [0.717, 1.165) is 44.7 Å². The standard InChI is InChI=1S/C25H26ClN4/c1-16-6-10-19(11-7-16)23(27-4)28-24-22-18(3)21(26)14-15-30(22)25(29(24)5)20-12-8-17(2)9-13-20/h6-15H,1-5H3,(H,27,28)/q+1. The van der Waals surface area contributed by atoms with Crippen molar-refractivity contribution in [3.8, 4) is 11.4 Å². The van der Waals surface area contributed by atoms with Crippen LogP contribution in [0.25, 0.3) is 16.9 Å². The molecule has 4 aromatic rings. The van der Waals surface area contributed by atoms with Gasteiger partial charge in [0, 0.05) is 23.7 Å². The van der Waals surface area contributed by atoms with Crippen LogP contribution in [-0.4, -0.2) is 17.3 Å². The van der Waals surface area contributed by atoms with Crippen LogP contribution in [0.15, 0.2) is 65.8 Å². The summed E-state index contributed by atoms with van der Waals surface area (Å²) < 4.78 is 4.36. The van der Waals surface area contributed by atoms with Crippen LogP contribution in [0.5, 0.6) is 0 Å². The molecule has 0 bridgehead atoms. The smallest absolute Gasteiger partial charge is 0.258 e. The number of hydrogen-bond acceptors (Lipinski definition) is 1. The zero-order valence-corrected chi connectivity index (χ0v) is 18.7. The number of nitrogens with one attached hydrogen (secondary N) is 1. The number of aliphatic imine (C=N–C) groups is 1. The molecule has 0 atom stereocenters. The highest BCUT2D eigenvalue weighted by atomic mass is 35.5. The molecule has 0 spiro atoms. The van der Waals surface area contributed by atoms with Crippen molar-refractivity contribution in [1.82, 2.24) is 4.40 Å². The predicted octanol–water partition coefficient (Wildman–Crippen LogP) is 5.50. The highest BCUT2D eigenvalue weighted by Crippen LogP contribution is 2.30. The topological polar surface area (TPSA) is 32.7 Å². The molecule has 0 amide bonds. The van der Waals surface area contributed by atoms with Crippen LogP contribution in [0.3, 0.4) is 0 Å². The molecule has 4 nitrogen and oxygen atoms in total. The fraction of sp³-hybridized carbons (Fsp3) is 0.200. The Morgan fingerprint density at radius 1 is 0.933 bits per heavy atom. The SMILES string of the molecule is CN=C(Nc1c2c(C)c(Cl)ccn2c(-c2ccc(C)cc2)[n+]1C)c1ccc(C)cc1. The van der Waals surface area contributed by atoms with Gasteiger partial charge in [-0.05, 0) is 51.1 Å². The largest absolute Gasteiger partial charge is 0.268 e. The van der Waals surface area contributed by atoms with Crippen molar-refractivity contribution in [2.24, 2.45) is 12.0 Å². The van der Waals surface area contributed by atoms with Gasteiger partial charge in [-0.2, -0.15) is 0 Å². The lowest BCUT2D eigenvalue weighted by atomic mass is 10.1. The van der Waals surface area contributed by atoms with Gasteiger partial charge >= 0.3 is 0 Å². The molecule has 0 fully saturated rings. The molecule has 0 aliphatic rings. The summed E-state index contributed by atoms with van der Waals surface area (Å²) in [6.45, 7) is 6.24. The van der Waals surface area contributed by atoms with E-state index in [1.165, 1.54) is 11.1 Å². The zero-order valence-electron chi connectivity index (χ0n) is 18.0. The maximum absolute atomic E-state index is 6.51. The van der Waals surface area contributed by atoms with Crippen molar-refractivity contribution in [1.29, 1.82) is 0 Å². The molecule has 0 unspecified atom stereocenters. The minimum Gasteiger partial charge on any atom is -0.258 e. The van der Waals surface area contributed by atoms with Gasteiger partial charge in [-0.25, -0.2) is 8.97 Å². The van der Waals surface area contributed by atoms with Gasteiger partial charge < -0.3 is 0 Å². The molecule has 30 heavy (non-hydrogen) atoms. The van der Waals surface area contributed by atoms with Crippen LogP contribution >= 0.6 is 11.6 Å². The normalized spacial score (nSPS) is 11.9. The highest BCUT2D eigenvalue weighted by Gasteiger charge is 2.27. The van der Waals surface area contributed by atoms with Gasteiger partial charge in [0.2, 0.25) is 5.82 Å². The Bertz CT molecular complexity index is 1250. The van der Waals surface area contributed by atoms with Crippen LogP contribution in [0, 0.1) is 20.8 Å². The monoisotopic (exact) mass is 417 g/mol. The second kappa shape index (κ2) is 7.96. The zero-order chi connectivity index (χ0) is 21.4. The number of nitrogens with zero attached hydrogens (tertiary/aromatic N) is 3. The van der Waals surface area contributed by atoms with Crippen molar-refractivity contribution in [3.05, 3.63) is 88.1 Å². The number of hydrogen-bond donors (Lipinski definition) is 1. The van der Waals surface area contributed by atoms with E-state index >= 15 is 0 Å². The number of pyridine rings is 1. The number of rotatable bonds is 3. The van der Waals surface area contributed by atoms with Crippen LogP contribution in [0.2, 0.25) is 5.02 Å². The van der Waals surface area contributed by atoms with Crippen LogP contribution in [0.4, 0.5) is 5.82 Å². The van der Waals surface area contributed by atoms with Gasteiger partial charge in [0.05, 0.1) is 18.3 Å². The van der Waals surface area contributed by atoms with Gasteiger partial charge in [0.1, 0.15) is 0 Å².